The van der Waals surface area contributed by atoms with E-state index in [0.717, 1.165) is 29.9 Å². The van der Waals surface area contributed by atoms with Gasteiger partial charge in [0.05, 0.1) is 12.8 Å². The lowest BCUT2D eigenvalue weighted by Crippen LogP contribution is -2.29. The van der Waals surface area contributed by atoms with E-state index in [1.807, 2.05) is 35.8 Å². The number of aryl methyl sites for hydroxylation is 2. The fourth-order valence-electron chi connectivity index (χ4n) is 3.97. The van der Waals surface area contributed by atoms with Gasteiger partial charge in [-0.2, -0.15) is 10.1 Å². The van der Waals surface area contributed by atoms with Crippen LogP contribution in [0, 0.1) is 0 Å². The maximum Gasteiger partial charge on any atom is 0.329 e. The van der Waals surface area contributed by atoms with E-state index in [4.69, 9.17) is 4.74 Å². The number of benzene rings is 1. The van der Waals surface area contributed by atoms with Crippen LogP contribution in [0.3, 0.4) is 0 Å². The van der Waals surface area contributed by atoms with E-state index < -0.39 is 11.2 Å². The maximum absolute atomic E-state index is 12.6. The van der Waals surface area contributed by atoms with Gasteiger partial charge in [-0.05, 0) is 43.2 Å². The highest BCUT2D eigenvalue weighted by Crippen LogP contribution is 2.18. The molecule has 0 atom stereocenters. The van der Waals surface area contributed by atoms with Gasteiger partial charge in [0.15, 0.2) is 11.2 Å². The fraction of sp³-hybridized carbons (Fsp3) is 0.520. The Hall–Kier alpha value is -3.36. The highest BCUT2D eigenvalue weighted by Gasteiger charge is 2.17. The molecule has 34 heavy (non-hydrogen) atoms. The molecule has 0 radical (unpaired) electrons. The number of aromatic nitrogens is 4. The molecule has 0 unspecified atom stereocenters. The fourth-order valence-corrected chi connectivity index (χ4v) is 3.97. The number of fused-ring (bicyclic) bond motifs is 1. The van der Waals surface area contributed by atoms with Crippen LogP contribution in [0.25, 0.3) is 11.2 Å². The molecule has 2 N–H and O–H groups in total. The molecule has 184 valence electrons. The predicted molar refractivity (Wildman–Crippen MR) is 137 cm³/mol. The van der Waals surface area contributed by atoms with Crippen LogP contribution in [0.1, 0.15) is 70.8 Å². The minimum atomic E-state index is -0.487. The molecule has 0 bridgehead atoms. The third-order valence-electron chi connectivity index (χ3n) is 6.07. The van der Waals surface area contributed by atoms with Crippen molar-refractivity contribution in [2.24, 2.45) is 12.1 Å². The molecule has 0 aliphatic heterocycles. The van der Waals surface area contributed by atoms with Crippen LogP contribution < -0.4 is 21.4 Å². The summed E-state index contributed by atoms with van der Waals surface area (Å²) in [7, 11) is 3.23. The van der Waals surface area contributed by atoms with Crippen molar-refractivity contribution in [1.82, 2.24) is 19.1 Å². The summed E-state index contributed by atoms with van der Waals surface area (Å²) in [6.45, 7) is 4.73. The zero-order valence-electron chi connectivity index (χ0n) is 20.7. The van der Waals surface area contributed by atoms with Crippen molar-refractivity contribution < 1.29 is 4.74 Å². The Morgan fingerprint density at radius 1 is 1.06 bits per heavy atom. The molecule has 0 aliphatic carbocycles. The van der Waals surface area contributed by atoms with Gasteiger partial charge in [-0.25, -0.2) is 10.2 Å². The topological polar surface area (TPSA) is 106 Å². The molecule has 0 saturated carbocycles. The summed E-state index contributed by atoms with van der Waals surface area (Å²) in [6, 6.07) is 7.61. The largest absolute Gasteiger partial charge is 0.497 e. The normalized spacial score (nSPS) is 11.8. The maximum atomic E-state index is 12.6. The average Bonchev–Trinajstić information content (AvgIpc) is 3.21. The molecule has 0 spiro atoms. The van der Waals surface area contributed by atoms with Gasteiger partial charge in [-0.15, -0.1) is 0 Å². The monoisotopic (exact) mass is 468 g/mol. The first-order valence-corrected chi connectivity index (χ1v) is 12.1. The summed E-state index contributed by atoms with van der Waals surface area (Å²) in [5.41, 5.74) is 4.51. The van der Waals surface area contributed by atoms with Crippen LogP contribution in [-0.2, 0) is 13.6 Å². The van der Waals surface area contributed by atoms with E-state index in [-0.39, 0.29) is 0 Å². The van der Waals surface area contributed by atoms with Gasteiger partial charge in [0, 0.05) is 13.6 Å². The number of nitrogens with zero attached hydrogens (tertiary/aromatic N) is 4. The van der Waals surface area contributed by atoms with Gasteiger partial charge in [-0.3, -0.25) is 14.3 Å². The van der Waals surface area contributed by atoms with Crippen LogP contribution in [-0.4, -0.2) is 31.9 Å². The smallest absolute Gasteiger partial charge is 0.329 e. The number of methoxy groups -OCH3 is 1. The number of hydrogen-bond acceptors (Lipinski definition) is 6. The number of hydrogen-bond donors (Lipinski definition) is 2. The molecule has 0 saturated heterocycles. The van der Waals surface area contributed by atoms with E-state index in [1.165, 1.54) is 43.1 Å². The number of H-pyrrole nitrogens is 1. The van der Waals surface area contributed by atoms with Crippen LogP contribution in [0.4, 0.5) is 5.95 Å². The van der Waals surface area contributed by atoms with Gasteiger partial charge < -0.3 is 9.30 Å². The lowest BCUT2D eigenvalue weighted by molar-refractivity contribution is 0.415. The molecule has 2 aromatic heterocycles. The Morgan fingerprint density at radius 2 is 1.71 bits per heavy atom. The summed E-state index contributed by atoms with van der Waals surface area (Å²) < 4.78 is 8.39. The molecule has 3 rings (SSSR count). The summed E-state index contributed by atoms with van der Waals surface area (Å²) >= 11 is 0. The van der Waals surface area contributed by atoms with Crippen molar-refractivity contribution >= 4 is 22.8 Å². The molecular weight excluding hydrogens is 432 g/mol. The summed E-state index contributed by atoms with van der Waals surface area (Å²) in [4.78, 5) is 31.6. The zero-order chi connectivity index (χ0) is 24.5. The second-order valence-electron chi connectivity index (χ2n) is 8.59. The highest BCUT2D eigenvalue weighted by atomic mass is 16.5. The van der Waals surface area contributed by atoms with Crippen molar-refractivity contribution in [1.29, 1.82) is 0 Å². The first kappa shape index (κ1) is 25.3. The Bertz CT molecular complexity index is 1220. The summed E-state index contributed by atoms with van der Waals surface area (Å²) in [5, 5.41) is 4.49. The van der Waals surface area contributed by atoms with Crippen LogP contribution in [0.15, 0.2) is 39.0 Å². The van der Waals surface area contributed by atoms with Gasteiger partial charge >= 0.3 is 5.69 Å². The van der Waals surface area contributed by atoms with Crippen molar-refractivity contribution in [3.63, 3.8) is 0 Å². The van der Waals surface area contributed by atoms with Crippen LogP contribution >= 0.6 is 0 Å². The van der Waals surface area contributed by atoms with Gasteiger partial charge in [0.2, 0.25) is 5.95 Å². The minimum absolute atomic E-state index is 0.341. The molecular formula is C25H36N6O3. The molecule has 1 aromatic carbocycles. The number of imidazole rings is 1. The Kier molecular flexibility index (Phi) is 9.07. The van der Waals surface area contributed by atoms with Crippen molar-refractivity contribution in [2.75, 3.05) is 12.5 Å². The second kappa shape index (κ2) is 12.2. The number of hydrazone groups is 1. The zero-order valence-corrected chi connectivity index (χ0v) is 20.7. The summed E-state index contributed by atoms with van der Waals surface area (Å²) in [5.74, 6) is 1.22. The van der Waals surface area contributed by atoms with E-state index in [2.05, 4.69) is 27.4 Å². The Morgan fingerprint density at radius 3 is 2.35 bits per heavy atom. The average molecular weight is 469 g/mol. The third kappa shape index (κ3) is 6.15. The van der Waals surface area contributed by atoms with Gasteiger partial charge in [-0.1, -0.05) is 51.9 Å². The van der Waals surface area contributed by atoms with E-state index >= 15 is 0 Å². The van der Waals surface area contributed by atoms with Gasteiger partial charge in [0.1, 0.15) is 5.75 Å². The molecule has 9 heteroatoms. The number of rotatable bonds is 13. The van der Waals surface area contributed by atoms with E-state index in [9.17, 15) is 9.59 Å². The predicted octanol–water partition coefficient (Wildman–Crippen LogP) is 4.41. The lowest BCUT2D eigenvalue weighted by Gasteiger charge is -2.09. The van der Waals surface area contributed by atoms with Crippen molar-refractivity contribution in [3.8, 4) is 5.75 Å². The number of unbranched alkanes of at least 4 members (excludes halogenated alkanes) is 7. The SMILES string of the molecule is CCCCCCCCCCn1c(NN=C(C)c2ccc(OC)cc2)nc2c1c(=O)[nH]c(=O)n2C. The Balaban J connectivity index is 1.79. The van der Waals surface area contributed by atoms with Crippen LogP contribution in [0.2, 0.25) is 0 Å². The first-order valence-electron chi connectivity index (χ1n) is 12.1. The number of anilines is 1. The van der Waals surface area contributed by atoms with Crippen molar-refractivity contribution in [2.45, 2.75) is 71.8 Å². The molecule has 2 heterocycles. The minimum Gasteiger partial charge on any atom is -0.497 e. The standard InChI is InChI=1S/C25H36N6O3/c1-5-6-7-8-9-10-11-12-17-31-21-22(30(3)25(33)27-23(21)32)26-24(31)29-28-18(2)19-13-15-20(34-4)16-14-19/h13-16H,5-12,17H2,1-4H3,(H,26,29)(H,27,32,33). The van der Waals surface area contributed by atoms with Crippen molar-refractivity contribution in [3.05, 3.63) is 50.7 Å². The molecule has 3 aromatic rings. The third-order valence-corrected chi connectivity index (χ3v) is 6.07. The van der Waals surface area contributed by atoms with E-state index in [1.54, 1.807) is 14.2 Å². The molecule has 0 amide bonds. The molecule has 9 nitrogen and oxygen atoms in total. The quantitative estimate of drug-likeness (QED) is 0.220. The van der Waals surface area contributed by atoms with E-state index in [0.29, 0.717) is 23.7 Å². The number of ether oxygens (including phenoxy) is 1. The van der Waals surface area contributed by atoms with Crippen LogP contribution in [0.5, 0.6) is 5.75 Å². The lowest BCUT2D eigenvalue weighted by atomic mass is 10.1. The number of aromatic amines is 1. The Labute approximate surface area is 199 Å². The first-order chi connectivity index (χ1) is 16.5. The van der Waals surface area contributed by atoms with Gasteiger partial charge in [0.25, 0.3) is 5.56 Å². The number of nitrogens with one attached hydrogen (secondary N) is 2. The second-order valence-corrected chi connectivity index (χ2v) is 8.59. The summed E-state index contributed by atoms with van der Waals surface area (Å²) in [6.07, 6.45) is 9.51. The highest BCUT2D eigenvalue weighted by molar-refractivity contribution is 5.99. The molecule has 0 fully saturated rings. The molecule has 0 aliphatic rings.